The number of amides is 1. The van der Waals surface area contributed by atoms with E-state index in [0.717, 1.165) is 0 Å². The highest BCUT2D eigenvalue weighted by Gasteiger charge is 2.68. The summed E-state index contributed by atoms with van der Waals surface area (Å²) in [6, 6.07) is -0.113. The van der Waals surface area contributed by atoms with Crippen molar-refractivity contribution in [1.82, 2.24) is 4.90 Å². The molecule has 0 aromatic heterocycles. The lowest BCUT2D eigenvalue weighted by molar-refractivity contribution is -0.153. The Morgan fingerprint density at radius 3 is 2.25 bits per heavy atom. The topological polar surface area (TPSA) is 49.8 Å². The average molecular weight is 283 g/mol. The first-order chi connectivity index (χ1) is 8.93. The van der Waals surface area contributed by atoms with E-state index >= 15 is 0 Å². The van der Waals surface area contributed by atoms with E-state index in [9.17, 15) is 9.90 Å². The molecule has 0 radical (unpaired) electrons. The molecule has 1 heterocycles. The summed E-state index contributed by atoms with van der Waals surface area (Å²) in [7, 11) is 0. The van der Waals surface area contributed by atoms with Crippen LogP contribution in [-0.4, -0.2) is 40.9 Å². The van der Waals surface area contributed by atoms with Gasteiger partial charge in [-0.3, -0.25) is 0 Å². The lowest BCUT2D eigenvalue weighted by Crippen LogP contribution is -2.61. The van der Waals surface area contributed by atoms with Crippen molar-refractivity contribution in [1.29, 1.82) is 0 Å². The number of aliphatic hydroxyl groups is 1. The molecule has 4 heteroatoms. The van der Waals surface area contributed by atoms with Gasteiger partial charge in [-0.25, -0.2) is 4.79 Å². The van der Waals surface area contributed by atoms with E-state index in [4.69, 9.17) is 4.74 Å². The Morgan fingerprint density at radius 2 is 1.80 bits per heavy atom. The molecule has 2 aliphatic rings. The zero-order valence-corrected chi connectivity index (χ0v) is 13.9. The summed E-state index contributed by atoms with van der Waals surface area (Å²) < 4.78 is 5.49. The van der Waals surface area contributed by atoms with E-state index in [1.165, 1.54) is 0 Å². The van der Waals surface area contributed by atoms with Gasteiger partial charge in [-0.1, -0.05) is 27.7 Å². The minimum Gasteiger partial charge on any atom is -0.444 e. The maximum atomic E-state index is 12.4. The summed E-state index contributed by atoms with van der Waals surface area (Å²) in [5.74, 6) is 0.803. The first-order valence-corrected chi connectivity index (χ1v) is 7.54. The highest BCUT2D eigenvalue weighted by molar-refractivity contribution is 5.69. The number of carbonyl (C=O) groups is 1. The van der Waals surface area contributed by atoms with Gasteiger partial charge in [0.2, 0.25) is 0 Å². The van der Waals surface area contributed by atoms with Crippen LogP contribution < -0.4 is 0 Å². The Hall–Kier alpha value is -0.770. The number of hydrogen-bond acceptors (Lipinski definition) is 3. The molecule has 0 unspecified atom stereocenters. The fourth-order valence-corrected chi connectivity index (χ4v) is 4.14. The van der Waals surface area contributed by atoms with Crippen LogP contribution in [0.4, 0.5) is 4.79 Å². The van der Waals surface area contributed by atoms with Gasteiger partial charge in [0.1, 0.15) is 5.60 Å². The molecule has 4 nitrogen and oxygen atoms in total. The van der Waals surface area contributed by atoms with Crippen molar-refractivity contribution in [3.05, 3.63) is 0 Å². The molecule has 116 valence electrons. The lowest BCUT2D eigenvalue weighted by Gasteiger charge is -2.63. The molecule has 0 aromatic rings. The van der Waals surface area contributed by atoms with Crippen LogP contribution in [0.5, 0.6) is 0 Å². The number of aliphatic hydroxyl groups excluding tert-OH is 1. The molecule has 0 spiro atoms. The number of ether oxygens (including phenoxy) is 1. The molecule has 1 aliphatic heterocycles. The SMILES string of the molecule is CC(C)(C)OC(=O)N1C[C@H]2[C@@H]([C@H]1CO)C(C)(C)C2(C)C. The van der Waals surface area contributed by atoms with Gasteiger partial charge in [-0.2, -0.15) is 0 Å². The van der Waals surface area contributed by atoms with Crippen molar-refractivity contribution in [3.63, 3.8) is 0 Å². The van der Waals surface area contributed by atoms with Crippen LogP contribution in [0.2, 0.25) is 0 Å². The fourth-order valence-electron chi connectivity index (χ4n) is 4.14. The average Bonchev–Trinajstić information content (AvgIpc) is 2.65. The molecule has 1 saturated carbocycles. The maximum absolute atomic E-state index is 12.4. The number of nitrogens with zero attached hydrogens (tertiary/aromatic N) is 1. The smallest absolute Gasteiger partial charge is 0.410 e. The Labute approximate surface area is 122 Å². The molecular formula is C16H29NO3. The molecule has 20 heavy (non-hydrogen) atoms. The van der Waals surface area contributed by atoms with E-state index < -0.39 is 5.60 Å². The van der Waals surface area contributed by atoms with Gasteiger partial charge in [0.15, 0.2) is 0 Å². The molecular weight excluding hydrogens is 254 g/mol. The summed E-state index contributed by atoms with van der Waals surface area (Å²) in [6.45, 7) is 15.3. The van der Waals surface area contributed by atoms with E-state index in [0.29, 0.717) is 18.4 Å². The van der Waals surface area contributed by atoms with Crippen molar-refractivity contribution in [2.75, 3.05) is 13.2 Å². The van der Waals surface area contributed by atoms with Gasteiger partial charge in [0.25, 0.3) is 0 Å². The monoisotopic (exact) mass is 283 g/mol. The molecule has 1 saturated heterocycles. The summed E-state index contributed by atoms with van der Waals surface area (Å²) in [5.41, 5.74) is -0.187. The standard InChI is InChI=1S/C16H29NO3/c1-14(2,3)20-13(19)17-8-10-12(11(17)9-18)16(6,7)15(10,4)5/h10-12,18H,8-9H2,1-7H3/t10-,11+,12-/m0/s1. The molecule has 1 amide bonds. The molecule has 3 atom stereocenters. The van der Waals surface area contributed by atoms with Crippen LogP contribution in [0.15, 0.2) is 0 Å². The zero-order chi connectivity index (χ0) is 15.5. The third kappa shape index (κ3) is 2.03. The summed E-state index contributed by atoms with van der Waals surface area (Å²) in [4.78, 5) is 14.1. The van der Waals surface area contributed by atoms with Crippen LogP contribution >= 0.6 is 0 Å². The molecule has 1 N–H and O–H groups in total. The van der Waals surface area contributed by atoms with Crippen molar-refractivity contribution in [2.24, 2.45) is 22.7 Å². The third-order valence-electron chi connectivity index (χ3n) is 5.88. The number of carbonyl (C=O) groups excluding carboxylic acids is 1. The van der Waals surface area contributed by atoms with Crippen LogP contribution in [0.3, 0.4) is 0 Å². The van der Waals surface area contributed by atoms with E-state index in [1.807, 2.05) is 20.8 Å². The quantitative estimate of drug-likeness (QED) is 0.805. The van der Waals surface area contributed by atoms with Crippen molar-refractivity contribution in [2.45, 2.75) is 60.1 Å². The second-order valence-corrected chi connectivity index (χ2v) is 8.46. The van der Waals surface area contributed by atoms with Crippen molar-refractivity contribution < 1.29 is 14.6 Å². The van der Waals surface area contributed by atoms with Gasteiger partial charge >= 0.3 is 6.09 Å². The number of hydrogen-bond donors (Lipinski definition) is 1. The minimum absolute atomic E-state index is 0.0138. The summed E-state index contributed by atoms with van der Waals surface area (Å²) >= 11 is 0. The van der Waals surface area contributed by atoms with Crippen LogP contribution in [0, 0.1) is 22.7 Å². The van der Waals surface area contributed by atoms with Crippen LogP contribution in [0.25, 0.3) is 0 Å². The van der Waals surface area contributed by atoms with E-state index in [1.54, 1.807) is 4.90 Å². The highest BCUT2D eigenvalue weighted by atomic mass is 16.6. The first kappa shape index (κ1) is 15.6. The summed E-state index contributed by atoms with van der Waals surface area (Å²) in [6.07, 6.45) is -0.294. The van der Waals surface area contributed by atoms with Crippen LogP contribution in [0.1, 0.15) is 48.5 Å². The number of rotatable bonds is 1. The molecule has 2 fully saturated rings. The van der Waals surface area contributed by atoms with Gasteiger partial charge < -0.3 is 14.7 Å². The Balaban J connectivity index is 2.20. The predicted octanol–water partition coefficient (Wildman–Crippen LogP) is 2.90. The Bertz CT molecular complexity index is 408. The Kier molecular flexibility index (Phi) is 3.40. The van der Waals surface area contributed by atoms with Gasteiger partial charge in [-0.05, 0) is 43.4 Å². The first-order valence-electron chi connectivity index (χ1n) is 7.54. The van der Waals surface area contributed by atoms with E-state index in [-0.39, 0.29) is 29.6 Å². The van der Waals surface area contributed by atoms with Gasteiger partial charge in [0, 0.05) is 6.54 Å². The molecule has 1 aliphatic carbocycles. The molecule has 2 rings (SSSR count). The lowest BCUT2D eigenvalue weighted by atomic mass is 9.40. The maximum Gasteiger partial charge on any atom is 0.410 e. The van der Waals surface area contributed by atoms with Gasteiger partial charge in [0.05, 0.1) is 12.6 Å². The van der Waals surface area contributed by atoms with Crippen LogP contribution in [-0.2, 0) is 4.74 Å². The largest absolute Gasteiger partial charge is 0.444 e. The third-order valence-corrected chi connectivity index (χ3v) is 5.88. The second-order valence-electron chi connectivity index (χ2n) is 8.46. The zero-order valence-electron chi connectivity index (χ0n) is 13.9. The number of fused-ring (bicyclic) bond motifs is 1. The van der Waals surface area contributed by atoms with E-state index in [2.05, 4.69) is 27.7 Å². The van der Waals surface area contributed by atoms with Crippen molar-refractivity contribution >= 4 is 6.09 Å². The fraction of sp³-hybridized carbons (Fsp3) is 0.938. The number of likely N-dealkylation sites (tertiary alicyclic amines) is 1. The minimum atomic E-state index is -0.496. The van der Waals surface area contributed by atoms with Gasteiger partial charge in [-0.15, -0.1) is 0 Å². The predicted molar refractivity (Wildman–Crippen MR) is 78.4 cm³/mol. The second kappa shape index (κ2) is 4.36. The molecule has 0 bridgehead atoms. The van der Waals surface area contributed by atoms with Crippen molar-refractivity contribution in [3.8, 4) is 0 Å². The summed E-state index contributed by atoms with van der Waals surface area (Å²) in [5, 5.41) is 9.76. The molecule has 0 aromatic carbocycles. The highest BCUT2D eigenvalue weighted by Crippen LogP contribution is 2.68. The Morgan fingerprint density at radius 1 is 1.25 bits per heavy atom. The normalized spacial score (nSPS) is 34.4.